The summed E-state index contributed by atoms with van der Waals surface area (Å²) in [5.74, 6) is 0. The first-order valence-corrected chi connectivity index (χ1v) is 6.81. The number of rotatable bonds is 4. The maximum absolute atomic E-state index is 8.36. The summed E-state index contributed by atoms with van der Waals surface area (Å²) in [4.78, 5) is 50.2. The summed E-state index contributed by atoms with van der Waals surface area (Å²) in [6, 6.07) is 0. The Bertz CT molecular complexity index is 394. The van der Waals surface area contributed by atoms with Crippen molar-refractivity contribution in [1.82, 2.24) is 0 Å². The molecular formula is C6H22N6O24. The topological polar surface area (TPSA) is 502 Å². The molecule has 0 bridgehead atoms. The van der Waals surface area contributed by atoms with Crippen molar-refractivity contribution in [3.8, 4) is 0 Å². The Kier molecular flexibility index (Phi) is 69.8. The average molecular weight is 562 g/mol. The van der Waals surface area contributed by atoms with E-state index in [2.05, 4.69) is 0 Å². The van der Waals surface area contributed by atoms with E-state index in [0.717, 1.165) is 0 Å². The molecule has 12 N–H and O–H groups in total. The van der Waals surface area contributed by atoms with Gasteiger partial charge >= 0.3 is 0 Å². The summed E-state index contributed by atoms with van der Waals surface area (Å²) in [5.41, 5.74) is 0. The van der Waals surface area contributed by atoms with Crippen molar-refractivity contribution >= 4 is 0 Å². The molecule has 36 heavy (non-hydrogen) atoms. The molecule has 0 aliphatic carbocycles. The van der Waals surface area contributed by atoms with E-state index < -0.39 is 42.7 Å². The lowest BCUT2D eigenvalue weighted by Gasteiger charge is -1.96. The Labute approximate surface area is 193 Å². The Balaban J connectivity index is -0.0000000418. The zero-order chi connectivity index (χ0) is 31.4. The minimum atomic E-state index is -1.50. The van der Waals surface area contributed by atoms with Crippen molar-refractivity contribution in [1.29, 1.82) is 0 Å². The van der Waals surface area contributed by atoms with Gasteiger partial charge in [-0.25, -0.2) is 0 Å². The van der Waals surface area contributed by atoms with Gasteiger partial charge in [0, 0.05) is 0 Å². The smallest absolute Gasteiger partial charge is 0.291 e. The molecule has 0 fully saturated rings. The predicted molar refractivity (Wildman–Crippen MR) is 93.0 cm³/mol. The Morgan fingerprint density at radius 3 is 0.444 bits per heavy atom. The van der Waals surface area contributed by atoms with Crippen LogP contribution in [0.15, 0.2) is 0 Å². The molecule has 0 saturated carbocycles. The van der Waals surface area contributed by atoms with Crippen molar-refractivity contribution in [3.63, 3.8) is 0 Å². The lowest BCUT2D eigenvalue weighted by molar-refractivity contribution is -0.742. The molecule has 0 aromatic heterocycles. The molecule has 0 atom stereocenters. The lowest BCUT2D eigenvalue weighted by Crippen LogP contribution is -2.15. The highest BCUT2D eigenvalue weighted by Gasteiger charge is 1.94. The lowest BCUT2D eigenvalue weighted by atomic mass is 10.4. The van der Waals surface area contributed by atoms with Gasteiger partial charge in [-0.15, -0.1) is 60.7 Å². The van der Waals surface area contributed by atoms with E-state index in [1.807, 2.05) is 0 Å². The molecule has 0 saturated heterocycles. The van der Waals surface area contributed by atoms with Gasteiger partial charge in [-0.1, -0.05) is 0 Å². The minimum absolute atomic E-state index is 0.365. The third-order valence-corrected chi connectivity index (χ3v) is 0.843. The maximum Gasteiger partial charge on any atom is 0.291 e. The van der Waals surface area contributed by atoms with Gasteiger partial charge in [0.1, 0.15) is 12.2 Å². The third-order valence-electron chi connectivity index (χ3n) is 0.843. The molecule has 30 heteroatoms. The van der Waals surface area contributed by atoms with Crippen molar-refractivity contribution in [2.24, 2.45) is 0 Å². The van der Waals surface area contributed by atoms with Crippen LogP contribution in [0.4, 0.5) is 0 Å². The van der Waals surface area contributed by atoms with E-state index in [-0.39, 0.29) is 26.4 Å². The number of nitrogens with zero attached hydrogens (tertiary/aromatic N) is 6. The molecule has 0 heterocycles. The summed E-state index contributed by atoms with van der Waals surface area (Å²) in [6.45, 7) is -1.46. The molecule has 0 amide bonds. The van der Waals surface area contributed by atoms with Gasteiger partial charge < -0.3 is 61.9 Å². The Hall–Kier alpha value is -5.04. The summed E-state index contributed by atoms with van der Waals surface area (Å²) >= 11 is 0. The monoisotopic (exact) mass is 562 g/mol. The van der Waals surface area contributed by atoms with E-state index in [0.29, 0.717) is 0 Å². The van der Waals surface area contributed by atoms with Crippen LogP contribution in [0.3, 0.4) is 0 Å². The highest BCUT2D eigenvalue weighted by atomic mass is 16.9. The van der Waals surface area contributed by atoms with E-state index in [4.69, 9.17) is 123 Å². The Morgan fingerprint density at radius 2 is 0.444 bits per heavy atom. The highest BCUT2D eigenvalue weighted by Crippen LogP contribution is 1.72. The van der Waals surface area contributed by atoms with Crippen LogP contribution in [-0.4, -0.2) is 131 Å². The highest BCUT2D eigenvalue weighted by molar-refractivity contribution is 4.44. The first kappa shape index (κ1) is 52.7. The number of hydrogen-bond acceptors (Lipinski definition) is 18. The van der Waals surface area contributed by atoms with E-state index in [1.54, 1.807) is 0 Å². The van der Waals surface area contributed by atoms with Crippen LogP contribution in [-0.2, 0) is 0 Å². The molecule has 0 aliphatic rings. The van der Waals surface area contributed by atoms with Crippen LogP contribution in [0.25, 0.3) is 0 Å². The fourth-order valence-electron chi connectivity index (χ4n) is 0.115. The first-order chi connectivity index (χ1) is 16.0. The van der Waals surface area contributed by atoms with Gasteiger partial charge in [0.15, 0.2) is 0 Å². The Morgan fingerprint density at radius 1 is 0.389 bits per heavy atom. The molecule has 0 aromatic rings. The molecule has 0 rings (SSSR count). The second-order valence-electron chi connectivity index (χ2n) is 3.46. The fourth-order valence-corrected chi connectivity index (χ4v) is 0.115. The zero-order valence-electron chi connectivity index (χ0n) is 16.9. The summed E-state index contributed by atoms with van der Waals surface area (Å²) in [7, 11) is 0. The SMILES string of the molecule is O=[N+]([O-])O.O=[N+]([O-])O.O=[N+]([O-])O.O=[N+]([O-])O.O=[N+]([O-])O.O=[N+]([O-])O.OCC(O)CO.OCC(O)CO. The van der Waals surface area contributed by atoms with Crippen LogP contribution >= 0.6 is 0 Å². The number of aliphatic hydroxyl groups is 6. The van der Waals surface area contributed by atoms with Gasteiger partial charge in [0.25, 0.3) is 30.5 Å². The second-order valence-corrected chi connectivity index (χ2v) is 3.46. The van der Waals surface area contributed by atoms with E-state index >= 15 is 0 Å². The molecule has 0 spiro atoms. The average Bonchev–Trinajstić information content (AvgIpc) is 2.64. The van der Waals surface area contributed by atoms with Crippen molar-refractivity contribution < 1.29 is 92.4 Å². The van der Waals surface area contributed by atoms with Crippen molar-refractivity contribution in [2.75, 3.05) is 26.4 Å². The molecule has 220 valence electrons. The molecule has 0 aromatic carbocycles. The van der Waals surface area contributed by atoms with Crippen LogP contribution in [0.2, 0.25) is 0 Å². The standard InChI is InChI=1S/2C3H8O3.6HNO3/c2*4-1-3(6)2-5;6*2-1(3)4/h2*3-6H,1-2H2;6*(H,2,3,4). The molecule has 0 radical (unpaired) electrons. The van der Waals surface area contributed by atoms with E-state index in [1.165, 1.54) is 0 Å². The van der Waals surface area contributed by atoms with Crippen LogP contribution in [0.1, 0.15) is 0 Å². The normalized spacial score (nSPS) is 7.33. The van der Waals surface area contributed by atoms with Crippen LogP contribution < -0.4 is 0 Å². The second kappa shape index (κ2) is 47.7. The van der Waals surface area contributed by atoms with Gasteiger partial charge in [0.2, 0.25) is 0 Å². The zero-order valence-corrected chi connectivity index (χ0v) is 16.9. The fraction of sp³-hybridized carbons (Fsp3) is 1.00. The number of aliphatic hydroxyl groups excluding tert-OH is 6. The number of hydrogen-bond donors (Lipinski definition) is 12. The summed E-state index contributed by atoms with van der Waals surface area (Å²) in [6.07, 6.45) is -1.91. The maximum atomic E-state index is 8.36. The summed E-state index contributed by atoms with van der Waals surface area (Å²) in [5, 5.41) is 130. The van der Waals surface area contributed by atoms with Gasteiger partial charge in [-0.2, -0.15) is 0 Å². The molecule has 30 nitrogen and oxygen atoms in total. The largest absolute Gasteiger partial charge is 0.394 e. The van der Waals surface area contributed by atoms with Crippen LogP contribution in [0, 0.1) is 60.7 Å². The van der Waals surface area contributed by atoms with Gasteiger partial charge in [-0.3, -0.25) is 0 Å². The van der Waals surface area contributed by atoms with Crippen molar-refractivity contribution in [2.45, 2.75) is 12.2 Å². The summed E-state index contributed by atoms with van der Waals surface area (Å²) < 4.78 is 0. The molecule has 0 aliphatic heterocycles. The molecule has 0 unspecified atom stereocenters. The predicted octanol–water partition coefficient (Wildman–Crippen LogP) is -5.42. The quantitative estimate of drug-likeness (QED) is 0.112. The first-order valence-electron chi connectivity index (χ1n) is 6.81. The van der Waals surface area contributed by atoms with Gasteiger partial charge in [0.05, 0.1) is 26.4 Å². The van der Waals surface area contributed by atoms with E-state index in [9.17, 15) is 0 Å². The van der Waals surface area contributed by atoms with Crippen LogP contribution in [0.5, 0.6) is 0 Å². The van der Waals surface area contributed by atoms with Gasteiger partial charge in [-0.05, 0) is 0 Å². The third kappa shape index (κ3) is 2580. The minimum Gasteiger partial charge on any atom is -0.394 e. The molecular weight excluding hydrogens is 540 g/mol. The van der Waals surface area contributed by atoms with Crippen molar-refractivity contribution in [3.05, 3.63) is 60.7 Å².